The molecular formula is C19H20F2N10O2. The average Bonchev–Trinajstić information content (AvgIpc) is 3.40. The van der Waals surface area contributed by atoms with E-state index in [-0.39, 0.29) is 17.4 Å². The highest BCUT2D eigenvalue weighted by molar-refractivity contribution is 5.91. The summed E-state index contributed by atoms with van der Waals surface area (Å²) in [5, 5.41) is 17.7. The topological polar surface area (TPSA) is 162 Å². The molecule has 1 saturated carbocycles. The van der Waals surface area contributed by atoms with E-state index in [1.165, 1.54) is 18.7 Å². The van der Waals surface area contributed by atoms with Gasteiger partial charge in [0, 0.05) is 5.69 Å². The number of aliphatic hydroxyl groups is 1. The largest absolute Gasteiger partial charge is 0.389 e. The second-order valence-corrected chi connectivity index (χ2v) is 7.92. The third kappa shape index (κ3) is 3.61. The van der Waals surface area contributed by atoms with Gasteiger partial charge in [0.15, 0.2) is 11.5 Å². The van der Waals surface area contributed by atoms with Gasteiger partial charge < -0.3 is 20.7 Å². The van der Waals surface area contributed by atoms with Gasteiger partial charge in [0.1, 0.15) is 17.5 Å². The molecule has 1 aliphatic carbocycles. The zero-order chi connectivity index (χ0) is 23.3. The third-order valence-electron chi connectivity index (χ3n) is 5.78. The number of nitrogen functional groups attached to an aromatic ring is 1. The Labute approximate surface area is 184 Å². The zero-order valence-corrected chi connectivity index (χ0v) is 17.4. The van der Waals surface area contributed by atoms with E-state index in [1.54, 1.807) is 11.5 Å². The number of rotatable bonds is 4. The molecule has 14 heteroatoms. The SMILES string of the molecule is Cc1cc(C(F)F)n2nc(C(=O)N[C@H]3CCC[C@H](n4cnc5c(N)ncnc54)[C@H]3O)nc2n1. The van der Waals surface area contributed by atoms with Gasteiger partial charge in [0.05, 0.1) is 24.5 Å². The summed E-state index contributed by atoms with van der Waals surface area (Å²) in [6.45, 7) is 1.55. The molecule has 0 unspecified atom stereocenters. The lowest BCUT2D eigenvalue weighted by molar-refractivity contribution is 0.0407. The fraction of sp³-hybridized carbons (Fsp3) is 0.421. The van der Waals surface area contributed by atoms with Crippen LogP contribution < -0.4 is 11.1 Å². The Morgan fingerprint density at radius 3 is 2.88 bits per heavy atom. The molecular weight excluding hydrogens is 438 g/mol. The van der Waals surface area contributed by atoms with Crippen LogP contribution in [-0.2, 0) is 0 Å². The van der Waals surface area contributed by atoms with Crippen LogP contribution in [0, 0.1) is 6.92 Å². The molecule has 4 aromatic heterocycles. The monoisotopic (exact) mass is 458 g/mol. The number of nitrogens with one attached hydrogen (secondary N) is 1. The van der Waals surface area contributed by atoms with Gasteiger partial charge in [-0.1, -0.05) is 0 Å². The summed E-state index contributed by atoms with van der Waals surface area (Å²) in [5.41, 5.74) is 6.69. The molecule has 4 heterocycles. The van der Waals surface area contributed by atoms with Crippen LogP contribution in [0.15, 0.2) is 18.7 Å². The number of alkyl halides is 2. The van der Waals surface area contributed by atoms with Crippen molar-refractivity contribution in [2.45, 2.75) is 50.8 Å². The smallest absolute Gasteiger partial charge is 0.291 e. The summed E-state index contributed by atoms with van der Waals surface area (Å²) >= 11 is 0. The number of anilines is 1. The predicted octanol–water partition coefficient (Wildman–Crippen LogP) is 0.977. The molecule has 12 nitrogen and oxygen atoms in total. The second kappa shape index (κ2) is 7.95. The third-order valence-corrected chi connectivity index (χ3v) is 5.78. The number of nitrogens with zero attached hydrogens (tertiary/aromatic N) is 8. The van der Waals surface area contributed by atoms with Crippen LogP contribution in [-0.4, -0.2) is 62.3 Å². The van der Waals surface area contributed by atoms with E-state index < -0.39 is 36.2 Å². The molecule has 0 bridgehead atoms. The normalized spacial score (nSPS) is 21.2. The Morgan fingerprint density at radius 1 is 1.27 bits per heavy atom. The van der Waals surface area contributed by atoms with Crippen molar-refractivity contribution < 1.29 is 18.7 Å². The molecule has 0 spiro atoms. The minimum absolute atomic E-state index is 0.0975. The Bertz CT molecular complexity index is 1350. The highest BCUT2D eigenvalue weighted by Crippen LogP contribution is 2.32. The van der Waals surface area contributed by atoms with E-state index in [4.69, 9.17) is 5.73 Å². The predicted molar refractivity (Wildman–Crippen MR) is 110 cm³/mol. The summed E-state index contributed by atoms with van der Waals surface area (Å²) in [6.07, 6.45) is 0.944. The molecule has 1 amide bonds. The number of aryl methyl sites for hydroxylation is 1. The molecule has 3 atom stereocenters. The van der Waals surface area contributed by atoms with Crippen molar-refractivity contribution >= 4 is 28.7 Å². The van der Waals surface area contributed by atoms with Gasteiger partial charge in [-0.25, -0.2) is 28.7 Å². The fourth-order valence-electron chi connectivity index (χ4n) is 4.23. The van der Waals surface area contributed by atoms with Crippen LogP contribution in [0.1, 0.15) is 53.7 Å². The van der Waals surface area contributed by atoms with Crippen LogP contribution in [0.25, 0.3) is 16.9 Å². The number of halogens is 2. The minimum Gasteiger partial charge on any atom is -0.389 e. The van der Waals surface area contributed by atoms with Crippen molar-refractivity contribution in [3.63, 3.8) is 0 Å². The van der Waals surface area contributed by atoms with E-state index in [0.717, 1.165) is 4.52 Å². The molecule has 33 heavy (non-hydrogen) atoms. The molecule has 4 N–H and O–H groups in total. The van der Waals surface area contributed by atoms with Gasteiger partial charge in [-0.2, -0.15) is 9.50 Å². The highest BCUT2D eigenvalue weighted by atomic mass is 19.3. The maximum absolute atomic E-state index is 13.4. The van der Waals surface area contributed by atoms with Gasteiger partial charge in [0.25, 0.3) is 18.1 Å². The first-order valence-electron chi connectivity index (χ1n) is 10.3. The minimum atomic E-state index is -2.81. The maximum Gasteiger partial charge on any atom is 0.291 e. The summed E-state index contributed by atoms with van der Waals surface area (Å²) in [6, 6.07) is 0.158. The van der Waals surface area contributed by atoms with Crippen LogP contribution in [0.4, 0.5) is 14.6 Å². The lowest BCUT2D eigenvalue weighted by Gasteiger charge is -2.35. The Hall–Kier alpha value is -3.81. The van der Waals surface area contributed by atoms with Crippen molar-refractivity contribution in [1.29, 1.82) is 0 Å². The molecule has 0 radical (unpaired) electrons. The van der Waals surface area contributed by atoms with E-state index >= 15 is 0 Å². The number of hydrogen-bond acceptors (Lipinski definition) is 9. The van der Waals surface area contributed by atoms with Crippen LogP contribution >= 0.6 is 0 Å². The first kappa shape index (κ1) is 21.1. The standard InChI is InChI=1S/C19H20F2N10O2/c1-8-5-11(14(20)21)31-19(26-8)28-16(29-31)18(33)27-9-3-2-4-10(13(9)32)30-7-25-12-15(22)23-6-24-17(12)30/h5-7,9-10,13-14,32H,2-4H2,1H3,(H,27,33)(H2,22,23,24)/t9-,10-,13-/m0/s1. The van der Waals surface area contributed by atoms with Gasteiger partial charge in [-0.15, -0.1) is 5.10 Å². The summed E-state index contributed by atoms with van der Waals surface area (Å²) in [7, 11) is 0. The molecule has 0 saturated heterocycles. The van der Waals surface area contributed by atoms with Crippen molar-refractivity contribution in [3.05, 3.63) is 35.9 Å². The van der Waals surface area contributed by atoms with Crippen molar-refractivity contribution in [1.82, 2.24) is 44.4 Å². The molecule has 1 aliphatic rings. The molecule has 5 rings (SSSR count). The second-order valence-electron chi connectivity index (χ2n) is 7.92. The summed E-state index contributed by atoms with van der Waals surface area (Å²) in [4.78, 5) is 33.2. The average molecular weight is 458 g/mol. The first-order chi connectivity index (χ1) is 15.8. The molecule has 0 aromatic carbocycles. The fourth-order valence-corrected chi connectivity index (χ4v) is 4.23. The molecule has 1 fully saturated rings. The van der Waals surface area contributed by atoms with Gasteiger partial charge in [0.2, 0.25) is 5.82 Å². The Balaban J connectivity index is 1.39. The maximum atomic E-state index is 13.4. The van der Waals surface area contributed by atoms with Gasteiger partial charge in [-0.05, 0) is 32.3 Å². The Kier molecular flexibility index (Phi) is 5.08. The van der Waals surface area contributed by atoms with Gasteiger partial charge in [-0.3, -0.25) is 4.79 Å². The van der Waals surface area contributed by atoms with Gasteiger partial charge >= 0.3 is 0 Å². The van der Waals surface area contributed by atoms with E-state index in [1.807, 2.05) is 0 Å². The van der Waals surface area contributed by atoms with E-state index in [2.05, 4.69) is 35.3 Å². The molecule has 172 valence electrons. The number of aromatic nitrogens is 8. The molecule has 4 aromatic rings. The highest BCUT2D eigenvalue weighted by Gasteiger charge is 2.35. The lowest BCUT2D eigenvalue weighted by atomic mass is 9.88. The number of hydrogen-bond donors (Lipinski definition) is 3. The Morgan fingerprint density at radius 2 is 2.09 bits per heavy atom. The number of aliphatic hydroxyl groups excluding tert-OH is 1. The number of amides is 1. The first-order valence-corrected chi connectivity index (χ1v) is 10.3. The quantitative estimate of drug-likeness (QED) is 0.404. The van der Waals surface area contributed by atoms with E-state index in [9.17, 15) is 18.7 Å². The van der Waals surface area contributed by atoms with Crippen molar-refractivity contribution in [2.75, 3.05) is 5.73 Å². The van der Waals surface area contributed by atoms with Crippen LogP contribution in [0.2, 0.25) is 0 Å². The summed E-state index contributed by atoms with van der Waals surface area (Å²) < 4.78 is 29.3. The zero-order valence-electron chi connectivity index (χ0n) is 17.4. The molecule has 0 aliphatic heterocycles. The van der Waals surface area contributed by atoms with Crippen molar-refractivity contribution in [3.8, 4) is 0 Å². The number of imidazole rings is 1. The van der Waals surface area contributed by atoms with Crippen LogP contribution in [0.3, 0.4) is 0 Å². The summed E-state index contributed by atoms with van der Waals surface area (Å²) in [5.74, 6) is -0.860. The number of nitrogens with two attached hydrogens (primary N) is 1. The number of carbonyl (C=O) groups is 1. The van der Waals surface area contributed by atoms with Crippen LogP contribution in [0.5, 0.6) is 0 Å². The number of fused-ring (bicyclic) bond motifs is 2. The van der Waals surface area contributed by atoms with Crippen molar-refractivity contribution in [2.24, 2.45) is 0 Å². The lowest BCUT2D eigenvalue weighted by Crippen LogP contribution is -2.49. The number of carbonyl (C=O) groups excluding carboxylic acids is 1. The van der Waals surface area contributed by atoms with E-state index in [0.29, 0.717) is 36.1 Å².